The van der Waals surface area contributed by atoms with E-state index in [1.165, 1.54) is 32.4 Å². The summed E-state index contributed by atoms with van der Waals surface area (Å²) >= 11 is 6.24. The molecular formula is C38H54ClN5O3. The molecule has 2 aromatic rings. The normalized spacial score (nSPS) is 23.2. The van der Waals surface area contributed by atoms with Gasteiger partial charge in [0.05, 0.1) is 12.1 Å². The molecule has 5 atom stereocenters. The number of piperidine rings is 1. The largest absolute Gasteiger partial charge is 0.455 e. The van der Waals surface area contributed by atoms with E-state index in [9.17, 15) is 9.59 Å². The van der Waals surface area contributed by atoms with Gasteiger partial charge in [-0.1, -0.05) is 73.8 Å². The molecule has 1 N–H and O–H groups in total. The number of aliphatic imine (C=N–C) groups is 1. The maximum absolute atomic E-state index is 14.4. The average molecular weight is 664 g/mol. The molecule has 9 heteroatoms. The van der Waals surface area contributed by atoms with Gasteiger partial charge in [-0.3, -0.25) is 9.59 Å². The molecule has 0 spiro atoms. The number of rotatable bonds is 14. The lowest BCUT2D eigenvalue weighted by Gasteiger charge is -2.42. The number of carbonyl (C=O) groups is 2. The highest BCUT2D eigenvalue weighted by Gasteiger charge is 2.41. The molecule has 47 heavy (non-hydrogen) atoms. The summed E-state index contributed by atoms with van der Waals surface area (Å²) in [6.45, 7) is 11.2. The number of likely N-dealkylation sites (tertiary alicyclic amines) is 1. The van der Waals surface area contributed by atoms with Gasteiger partial charge < -0.3 is 24.8 Å². The van der Waals surface area contributed by atoms with Gasteiger partial charge in [-0.25, -0.2) is 4.99 Å². The van der Waals surface area contributed by atoms with E-state index in [0.29, 0.717) is 43.5 Å². The zero-order valence-electron chi connectivity index (χ0n) is 28.6. The number of aryl methyl sites for hydroxylation is 1. The SMILES string of the molecule is CCC(C)N[C@H](CCCCN1CCCCC1)C(=O)N1CCN(C2=N[C@@H](C)[C@H](c3ccccc3)O2)C[C@H]1C(=O)CCc1cccc(Cl)c1. The molecule has 2 saturated heterocycles. The number of carbonyl (C=O) groups excluding carboxylic acids is 2. The first kappa shape index (κ1) is 35.4. The number of piperazine rings is 1. The number of ether oxygens (including phenoxy) is 1. The quantitative estimate of drug-likeness (QED) is 0.240. The van der Waals surface area contributed by atoms with E-state index in [1.54, 1.807) is 0 Å². The van der Waals surface area contributed by atoms with Crippen molar-refractivity contribution < 1.29 is 14.3 Å². The Kier molecular flexibility index (Phi) is 13.1. The van der Waals surface area contributed by atoms with Gasteiger partial charge in [0, 0.05) is 37.1 Å². The number of amides is 1. The van der Waals surface area contributed by atoms with Crippen LogP contribution in [0.5, 0.6) is 0 Å². The number of hydrogen-bond acceptors (Lipinski definition) is 7. The Morgan fingerprint density at radius 1 is 1.02 bits per heavy atom. The van der Waals surface area contributed by atoms with Crippen LogP contribution in [-0.4, -0.2) is 95.8 Å². The molecule has 3 aliphatic heterocycles. The van der Waals surface area contributed by atoms with E-state index in [0.717, 1.165) is 43.4 Å². The molecule has 0 radical (unpaired) electrons. The summed E-state index contributed by atoms with van der Waals surface area (Å²) in [4.78, 5) is 39.8. The molecule has 3 aliphatic rings. The van der Waals surface area contributed by atoms with Crippen molar-refractivity contribution in [2.45, 2.75) is 109 Å². The van der Waals surface area contributed by atoms with Crippen molar-refractivity contribution in [3.8, 4) is 0 Å². The summed E-state index contributed by atoms with van der Waals surface area (Å²) in [7, 11) is 0. The number of nitrogens with one attached hydrogen (secondary N) is 1. The first-order valence-electron chi connectivity index (χ1n) is 17.9. The summed E-state index contributed by atoms with van der Waals surface area (Å²) in [5.74, 6) is 0.0931. The lowest BCUT2D eigenvalue weighted by atomic mass is 9.98. The molecule has 1 amide bonds. The van der Waals surface area contributed by atoms with Crippen LogP contribution in [0.1, 0.15) is 89.4 Å². The molecule has 0 aliphatic carbocycles. The van der Waals surface area contributed by atoms with Crippen LogP contribution in [0.4, 0.5) is 0 Å². The van der Waals surface area contributed by atoms with Crippen LogP contribution in [0, 0.1) is 0 Å². The second-order valence-corrected chi connectivity index (χ2v) is 14.1. The van der Waals surface area contributed by atoms with Crippen molar-refractivity contribution in [1.29, 1.82) is 0 Å². The predicted molar refractivity (Wildman–Crippen MR) is 190 cm³/mol. The number of amidine groups is 1. The molecule has 0 aromatic heterocycles. The number of Topliss-reactive ketones (excluding diaryl/α,β-unsaturated/α-hetero) is 1. The third-order valence-corrected chi connectivity index (χ3v) is 10.3. The van der Waals surface area contributed by atoms with Crippen LogP contribution in [0.2, 0.25) is 5.02 Å². The Morgan fingerprint density at radius 3 is 2.55 bits per heavy atom. The van der Waals surface area contributed by atoms with Gasteiger partial charge in [0.2, 0.25) is 5.91 Å². The van der Waals surface area contributed by atoms with Crippen LogP contribution in [0.25, 0.3) is 0 Å². The number of benzene rings is 2. The van der Waals surface area contributed by atoms with E-state index in [2.05, 4.69) is 48.0 Å². The standard InChI is InChI=1S/C38H54ClN5O3/c1-4-28(2)40-33(18-9-12-23-42-21-10-6-11-22-42)37(46)44-25-24-43(38-41-29(3)36(47-38)31-15-7-5-8-16-31)27-34(44)35(45)20-19-30-14-13-17-32(39)26-30/h5,7-8,13-17,26,28-29,33-34,36,40H,4,6,9-12,18-25,27H2,1-3H3/t28?,29-,33+,34-,36+/m0/s1. The fourth-order valence-corrected chi connectivity index (χ4v) is 7.27. The molecule has 2 aromatic carbocycles. The lowest BCUT2D eigenvalue weighted by Crippen LogP contribution is -2.62. The summed E-state index contributed by atoms with van der Waals surface area (Å²) in [5.41, 5.74) is 2.10. The molecular weight excluding hydrogens is 610 g/mol. The number of halogens is 1. The lowest BCUT2D eigenvalue weighted by molar-refractivity contribution is -0.144. The number of hydrogen-bond donors (Lipinski definition) is 1. The van der Waals surface area contributed by atoms with Crippen LogP contribution in [0.15, 0.2) is 59.6 Å². The molecule has 0 saturated carbocycles. The van der Waals surface area contributed by atoms with E-state index in [-0.39, 0.29) is 35.9 Å². The number of unbranched alkanes of at least 4 members (excludes halogenated alkanes) is 1. The first-order valence-corrected chi connectivity index (χ1v) is 18.3. The summed E-state index contributed by atoms with van der Waals surface area (Å²) in [5, 5.41) is 4.29. The Hall–Kier alpha value is -2.94. The fourth-order valence-electron chi connectivity index (χ4n) is 7.06. The first-order chi connectivity index (χ1) is 22.8. The minimum Gasteiger partial charge on any atom is -0.455 e. The van der Waals surface area contributed by atoms with E-state index in [4.69, 9.17) is 21.3 Å². The summed E-state index contributed by atoms with van der Waals surface area (Å²) in [6, 6.07) is 17.7. The minimum absolute atomic E-state index is 0.0360. The van der Waals surface area contributed by atoms with Gasteiger partial charge in [0.15, 0.2) is 5.78 Å². The molecule has 3 heterocycles. The fraction of sp³-hybridized carbons (Fsp3) is 0.605. The number of nitrogens with zero attached hydrogens (tertiary/aromatic N) is 4. The van der Waals surface area contributed by atoms with Gasteiger partial charge in [0.1, 0.15) is 12.1 Å². The molecule has 2 fully saturated rings. The zero-order valence-corrected chi connectivity index (χ0v) is 29.3. The Labute approximate surface area is 286 Å². The highest BCUT2D eigenvalue weighted by molar-refractivity contribution is 6.30. The van der Waals surface area contributed by atoms with Crippen molar-refractivity contribution in [1.82, 2.24) is 20.0 Å². The second-order valence-electron chi connectivity index (χ2n) is 13.6. The maximum atomic E-state index is 14.4. The van der Waals surface area contributed by atoms with Crippen molar-refractivity contribution in [2.75, 3.05) is 39.3 Å². The molecule has 0 bridgehead atoms. The molecule has 1 unspecified atom stereocenters. The van der Waals surface area contributed by atoms with Crippen molar-refractivity contribution in [3.63, 3.8) is 0 Å². The van der Waals surface area contributed by atoms with Gasteiger partial charge in [0.25, 0.3) is 6.02 Å². The van der Waals surface area contributed by atoms with Crippen LogP contribution in [0.3, 0.4) is 0 Å². The predicted octanol–water partition coefficient (Wildman–Crippen LogP) is 6.28. The molecule has 8 nitrogen and oxygen atoms in total. The Balaban J connectivity index is 1.29. The van der Waals surface area contributed by atoms with Crippen LogP contribution in [-0.2, 0) is 20.7 Å². The summed E-state index contributed by atoms with van der Waals surface area (Å²) in [6.07, 6.45) is 8.43. The minimum atomic E-state index is -0.581. The van der Waals surface area contributed by atoms with Crippen LogP contribution < -0.4 is 5.32 Å². The van der Waals surface area contributed by atoms with Crippen molar-refractivity contribution >= 4 is 29.3 Å². The molecule has 256 valence electrons. The Bertz CT molecular complexity index is 1330. The van der Waals surface area contributed by atoms with Gasteiger partial charge in [-0.05, 0) is 95.3 Å². The summed E-state index contributed by atoms with van der Waals surface area (Å²) < 4.78 is 6.43. The van der Waals surface area contributed by atoms with E-state index in [1.807, 2.05) is 47.4 Å². The van der Waals surface area contributed by atoms with Crippen molar-refractivity contribution in [3.05, 3.63) is 70.7 Å². The Morgan fingerprint density at radius 2 is 1.81 bits per heavy atom. The monoisotopic (exact) mass is 663 g/mol. The number of ketones is 1. The van der Waals surface area contributed by atoms with Crippen LogP contribution >= 0.6 is 11.6 Å². The van der Waals surface area contributed by atoms with E-state index < -0.39 is 6.04 Å². The van der Waals surface area contributed by atoms with E-state index >= 15 is 0 Å². The zero-order chi connectivity index (χ0) is 33.2. The average Bonchev–Trinajstić information content (AvgIpc) is 3.50. The highest BCUT2D eigenvalue weighted by Crippen LogP contribution is 2.31. The van der Waals surface area contributed by atoms with Gasteiger partial charge >= 0.3 is 0 Å². The third-order valence-electron chi connectivity index (χ3n) is 10.0. The second kappa shape index (κ2) is 17.5. The van der Waals surface area contributed by atoms with Gasteiger partial charge in [-0.2, -0.15) is 0 Å². The smallest absolute Gasteiger partial charge is 0.288 e. The highest BCUT2D eigenvalue weighted by atomic mass is 35.5. The maximum Gasteiger partial charge on any atom is 0.288 e. The molecule has 5 rings (SSSR count). The van der Waals surface area contributed by atoms with Crippen molar-refractivity contribution in [2.24, 2.45) is 4.99 Å². The third kappa shape index (κ3) is 9.80. The van der Waals surface area contributed by atoms with Gasteiger partial charge in [-0.15, -0.1) is 0 Å². The topological polar surface area (TPSA) is 77.5 Å².